The van der Waals surface area contributed by atoms with E-state index in [0.29, 0.717) is 0 Å². The molecule has 23 heavy (non-hydrogen) atoms. The van der Waals surface area contributed by atoms with Crippen LogP contribution in [0.2, 0.25) is 5.02 Å². The molecule has 2 aromatic carbocycles. The summed E-state index contributed by atoms with van der Waals surface area (Å²) in [6.45, 7) is 12.4. The van der Waals surface area contributed by atoms with E-state index in [1.807, 2.05) is 44.2 Å². The van der Waals surface area contributed by atoms with Gasteiger partial charge in [0, 0.05) is 10.6 Å². The molecular formula is C20H26ClNO. The quantitative estimate of drug-likeness (QED) is 0.471. The minimum Gasteiger partial charge on any atom is -0.355 e. The Labute approximate surface area is 144 Å². The average Bonchev–Trinajstić information content (AvgIpc) is 2.99. The van der Waals surface area contributed by atoms with Crippen LogP contribution in [0.3, 0.4) is 0 Å². The zero-order valence-corrected chi connectivity index (χ0v) is 15.7. The van der Waals surface area contributed by atoms with Crippen LogP contribution in [0.1, 0.15) is 45.2 Å². The molecule has 0 atom stereocenters. The van der Waals surface area contributed by atoms with E-state index in [1.165, 1.54) is 17.5 Å². The molecule has 3 aromatic rings. The molecule has 124 valence electrons. The topological polar surface area (TPSA) is 26.0 Å². The largest absolute Gasteiger partial charge is 0.355 e. The van der Waals surface area contributed by atoms with Gasteiger partial charge in [0.05, 0.1) is 5.39 Å². The van der Waals surface area contributed by atoms with Crippen molar-refractivity contribution in [3.05, 3.63) is 52.5 Å². The first-order chi connectivity index (χ1) is 11.1. The molecule has 0 amide bonds. The minimum atomic E-state index is 0.718. The molecule has 0 radical (unpaired) electrons. The van der Waals surface area contributed by atoms with E-state index < -0.39 is 0 Å². The molecule has 0 saturated heterocycles. The van der Waals surface area contributed by atoms with Gasteiger partial charge < -0.3 is 4.52 Å². The molecule has 0 unspecified atom stereocenters. The predicted octanol–water partition coefficient (Wildman–Crippen LogP) is 7.21. The summed E-state index contributed by atoms with van der Waals surface area (Å²) in [7, 11) is 0. The summed E-state index contributed by atoms with van der Waals surface area (Å²) in [6, 6.07) is 11.7. The Morgan fingerprint density at radius 2 is 1.52 bits per heavy atom. The summed E-state index contributed by atoms with van der Waals surface area (Å²) in [6.07, 6.45) is 1.25. The number of hydrogen-bond donors (Lipinski definition) is 0. The van der Waals surface area contributed by atoms with Crippen molar-refractivity contribution >= 4 is 22.5 Å². The van der Waals surface area contributed by atoms with Crippen molar-refractivity contribution in [1.29, 1.82) is 0 Å². The second kappa shape index (κ2) is 9.36. The van der Waals surface area contributed by atoms with E-state index in [9.17, 15) is 0 Å². The summed E-state index contributed by atoms with van der Waals surface area (Å²) in [5, 5.41) is 5.91. The van der Waals surface area contributed by atoms with Gasteiger partial charge in [-0.05, 0) is 55.3 Å². The van der Waals surface area contributed by atoms with Gasteiger partial charge in [0.25, 0.3) is 0 Å². The lowest BCUT2D eigenvalue weighted by Gasteiger charge is -2.02. The molecule has 1 aromatic heterocycles. The fourth-order valence-corrected chi connectivity index (χ4v) is 2.23. The van der Waals surface area contributed by atoms with Crippen molar-refractivity contribution in [3.8, 4) is 11.3 Å². The third kappa shape index (κ3) is 4.59. The molecule has 3 rings (SSSR count). The Morgan fingerprint density at radius 3 is 2.09 bits per heavy atom. The van der Waals surface area contributed by atoms with E-state index in [0.717, 1.165) is 27.2 Å². The van der Waals surface area contributed by atoms with Crippen LogP contribution < -0.4 is 0 Å². The Hall–Kier alpha value is -1.80. The second-order valence-electron chi connectivity index (χ2n) is 5.13. The molecular weight excluding hydrogens is 306 g/mol. The molecule has 1 heterocycles. The number of halogens is 1. The lowest BCUT2D eigenvalue weighted by molar-refractivity contribution is 0.441. The van der Waals surface area contributed by atoms with E-state index in [1.54, 1.807) is 0 Å². The first-order valence-electron chi connectivity index (χ1n) is 8.20. The first-order valence-corrected chi connectivity index (χ1v) is 8.57. The number of hydrogen-bond acceptors (Lipinski definition) is 2. The van der Waals surface area contributed by atoms with Crippen molar-refractivity contribution in [2.75, 3.05) is 0 Å². The number of nitrogens with zero attached hydrogens (tertiary/aromatic N) is 1. The molecule has 0 aliphatic heterocycles. The summed E-state index contributed by atoms with van der Waals surface area (Å²) in [4.78, 5) is 0. The smallest absolute Gasteiger partial charge is 0.174 e. The van der Waals surface area contributed by atoms with Crippen molar-refractivity contribution < 1.29 is 4.52 Å². The Kier molecular flexibility index (Phi) is 7.84. The van der Waals surface area contributed by atoms with E-state index in [-0.39, 0.29) is 0 Å². The monoisotopic (exact) mass is 331 g/mol. The second-order valence-corrected chi connectivity index (χ2v) is 5.56. The highest BCUT2D eigenvalue weighted by Gasteiger charge is 2.13. The molecule has 0 aliphatic rings. The van der Waals surface area contributed by atoms with Crippen LogP contribution in [-0.2, 0) is 0 Å². The standard InChI is InChI=1S/C15H12ClNO.C3H8.C2H6/c1-9-3-8-13-14(10(9)2)15(18-17-13)11-4-6-12(16)7-5-11;1-3-2;1-2/h3-8H,1-2H3;3H2,1-2H3;1-2H3. The van der Waals surface area contributed by atoms with Gasteiger partial charge in [0.1, 0.15) is 5.52 Å². The number of benzene rings is 2. The number of rotatable bonds is 1. The number of aryl methyl sites for hydroxylation is 2. The van der Waals surface area contributed by atoms with Gasteiger partial charge in [-0.1, -0.05) is 56.9 Å². The molecule has 0 spiro atoms. The third-order valence-corrected chi connectivity index (χ3v) is 3.53. The predicted molar refractivity (Wildman–Crippen MR) is 101 cm³/mol. The van der Waals surface area contributed by atoms with Gasteiger partial charge >= 0.3 is 0 Å². The van der Waals surface area contributed by atoms with Gasteiger partial charge in [-0.25, -0.2) is 0 Å². The number of fused-ring (bicyclic) bond motifs is 1. The Balaban J connectivity index is 0.000000477. The molecule has 0 aliphatic carbocycles. The van der Waals surface area contributed by atoms with Crippen LogP contribution in [0.15, 0.2) is 40.9 Å². The minimum absolute atomic E-state index is 0.718. The van der Waals surface area contributed by atoms with Gasteiger partial charge in [-0.2, -0.15) is 0 Å². The van der Waals surface area contributed by atoms with Crippen molar-refractivity contribution in [1.82, 2.24) is 5.16 Å². The summed E-state index contributed by atoms with van der Waals surface area (Å²) < 4.78 is 5.48. The molecule has 3 heteroatoms. The SMILES string of the molecule is CC.CCC.Cc1ccc2noc(-c3ccc(Cl)cc3)c2c1C. The van der Waals surface area contributed by atoms with Crippen molar-refractivity contribution in [3.63, 3.8) is 0 Å². The highest BCUT2D eigenvalue weighted by molar-refractivity contribution is 6.30. The van der Waals surface area contributed by atoms with Gasteiger partial charge in [-0.15, -0.1) is 0 Å². The lowest BCUT2D eigenvalue weighted by Crippen LogP contribution is -1.83. The summed E-state index contributed by atoms with van der Waals surface area (Å²) in [5.41, 5.74) is 4.33. The Morgan fingerprint density at radius 1 is 0.957 bits per heavy atom. The van der Waals surface area contributed by atoms with Crippen LogP contribution in [0.4, 0.5) is 0 Å². The molecule has 0 saturated carbocycles. The summed E-state index contributed by atoms with van der Waals surface area (Å²) >= 11 is 5.90. The zero-order valence-electron chi connectivity index (χ0n) is 14.9. The van der Waals surface area contributed by atoms with Crippen LogP contribution in [0, 0.1) is 13.8 Å². The maximum Gasteiger partial charge on any atom is 0.174 e. The van der Waals surface area contributed by atoms with Crippen LogP contribution >= 0.6 is 11.6 Å². The van der Waals surface area contributed by atoms with Crippen molar-refractivity contribution in [2.24, 2.45) is 0 Å². The van der Waals surface area contributed by atoms with Crippen LogP contribution in [0.25, 0.3) is 22.2 Å². The van der Waals surface area contributed by atoms with Crippen LogP contribution in [0.5, 0.6) is 0 Å². The van der Waals surface area contributed by atoms with Gasteiger partial charge in [0.15, 0.2) is 5.76 Å². The number of aromatic nitrogens is 1. The molecule has 0 bridgehead atoms. The van der Waals surface area contributed by atoms with E-state index in [4.69, 9.17) is 16.1 Å². The van der Waals surface area contributed by atoms with E-state index >= 15 is 0 Å². The fraction of sp³-hybridized carbons (Fsp3) is 0.350. The lowest BCUT2D eigenvalue weighted by atomic mass is 10.0. The van der Waals surface area contributed by atoms with Crippen molar-refractivity contribution in [2.45, 2.75) is 48.0 Å². The van der Waals surface area contributed by atoms with E-state index in [2.05, 4.69) is 38.9 Å². The van der Waals surface area contributed by atoms with Gasteiger partial charge in [0.2, 0.25) is 0 Å². The molecule has 2 nitrogen and oxygen atoms in total. The fourth-order valence-electron chi connectivity index (χ4n) is 2.10. The maximum atomic E-state index is 5.90. The van der Waals surface area contributed by atoms with Crippen LogP contribution in [-0.4, -0.2) is 5.16 Å². The summed E-state index contributed by atoms with van der Waals surface area (Å²) in [5.74, 6) is 0.808. The first kappa shape index (κ1) is 19.2. The Bertz CT molecular complexity index is 729. The highest BCUT2D eigenvalue weighted by Crippen LogP contribution is 2.32. The molecule has 0 N–H and O–H groups in total. The highest BCUT2D eigenvalue weighted by atomic mass is 35.5. The normalized spacial score (nSPS) is 9.70. The molecule has 0 fully saturated rings. The zero-order chi connectivity index (χ0) is 17.4. The average molecular weight is 332 g/mol. The maximum absolute atomic E-state index is 5.90. The third-order valence-electron chi connectivity index (χ3n) is 3.28. The van der Waals surface area contributed by atoms with Gasteiger partial charge in [-0.3, -0.25) is 0 Å².